The Morgan fingerprint density at radius 2 is 2.00 bits per heavy atom. The number of benzene rings is 1. The van der Waals surface area contributed by atoms with Crippen LogP contribution in [0.3, 0.4) is 0 Å². The maximum atomic E-state index is 12.4. The van der Waals surface area contributed by atoms with Crippen LogP contribution >= 0.6 is 0 Å². The van der Waals surface area contributed by atoms with E-state index in [1.54, 1.807) is 6.20 Å². The zero-order chi connectivity index (χ0) is 14.2. The number of amides is 1. The summed E-state index contributed by atoms with van der Waals surface area (Å²) >= 11 is 0. The van der Waals surface area contributed by atoms with Gasteiger partial charge in [0.15, 0.2) is 0 Å². The molecule has 21 heavy (non-hydrogen) atoms. The molecule has 1 saturated heterocycles. The summed E-state index contributed by atoms with van der Waals surface area (Å²) in [6, 6.07) is 8.08. The molecule has 0 aliphatic carbocycles. The summed E-state index contributed by atoms with van der Waals surface area (Å²) in [5, 5.41) is 7.84. The Bertz CT molecular complexity index is 782. The third-order valence-corrected chi connectivity index (χ3v) is 4.08. The maximum absolute atomic E-state index is 12.4. The lowest BCUT2D eigenvalue weighted by Crippen LogP contribution is -2.27. The molecule has 106 valence electrons. The molecule has 1 fully saturated rings. The van der Waals surface area contributed by atoms with Gasteiger partial charge in [0, 0.05) is 35.8 Å². The summed E-state index contributed by atoms with van der Waals surface area (Å²) in [6.45, 7) is 1.74. The first-order valence-electron chi connectivity index (χ1n) is 7.22. The third kappa shape index (κ3) is 2.11. The molecule has 0 saturated carbocycles. The topological polar surface area (TPSA) is 64.8 Å². The lowest BCUT2D eigenvalue weighted by Gasteiger charge is -2.13. The average molecular weight is 280 g/mol. The number of hydrogen-bond donors (Lipinski definition) is 2. The van der Waals surface area contributed by atoms with E-state index in [-0.39, 0.29) is 5.91 Å². The van der Waals surface area contributed by atoms with Crippen LogP contribution in [0.25, 0.3) is 22.0 Å². The lowest BCUT2D eigenvalue weighted by atomic mass is 10.1. The predicted molar refractivity (Wildman–Crippen MR) is 81.0 cm³/mol. The van der Waals surface area contributed by atoms with Crippen molar-refractivity contribution in [1.82, 2.24) is 20.1 Å². The van der Waals surface area contributed by atoms with Crippen LogP contribution in [-0.4, -0.2) is 39.1 Å². The highest BCUT2D eigenvalue weighted by Crippen LogP contribution is 2.25. The number of H-pyrrole nitrogens is 2. The van der Waals surface area contributed by atoms with E-state index in [4.69, 9.17) is 0 Å². The number of rotatable bonds is 2. The monoisotopic (exact) mass is 280 g/mol. The molecule has 1 aromatic carbocycles. The van der Waals surface area contributed by atoms with Crippen molar-refractivity contribution in [2.75, 3.05) is 13.1 Å². The normalized spacial score (nSPS) is 15.0. The zero-order valence-corrected chi connectivity index (χ0v) is 11.6. The average Bonchev–Trinajstić information content (AvgIpc) is 3.24. The number of nitrogens with zero attached hydrogens (tertiary/aromatic N) is 2. The van der Waals surface area contributed by atoms with Crippen molar-refractivity contribution in [3.8, 4) is 11.1 Å². The second kappa shape index (κ2) is 4.77. The van der Waals surface area contributed by atoms with Gasteiger partial charge in [-0.15, -0.1) is 0 Å². The first-order chi connectivity index (χ1) is 10.3. The van der Waals surface area contributed by atoms with Gasteiger partial charge in [-0.05, 0) is 30.5 Å². The van der Waals surface area contributed by atoms with Gasteiger partial charge in [0.25, 0.3) is 5.91 Å². The van der Waals surface area contributed by atoms with E-state index in [9.17, 15) is 4.79 Å². The number of carbonyl (C=O) groups excluding carboxylic acids is 1. The minimum Gasteiger partial charge on any atom is -0.351 e. The van der Waals surface area contributed by atoms with Crippen LogP contribution in [0.15, 0.2) is 36.7 Å². The minimum absolute atomic E-state index is 0.105. The SMILES string of the molecule is O=C(c1cc2ccc(-c3cn[nH]c3)cc2[nH]1)N1CCCC1. The standard InChI is InChI=1S/C16H16N4O/c21-16(20-5-1-2-6-20)15-8-12-4-3-11(7-14(12)19-15)13-9-17-18-10-13/h3-4,7-10,19H,1-2,5-6H2,(H,17,18). The summed E-state index contributed by atoms with van der Waals surface area (Å²) in [4.78, 5) is 17.6. The molecular formula is C16H16N4O. The minimum atomic E-state index is 0.105. The molecule has 0 unspecified atom stereocenters. The number of hydrogen-bond acceptors (Lipinski definition) is 2. The Hall–Kier alpha value is -2.56. The van der Waals surface area contributed by atoms with E-state index in [1.807, 2.05) is 29.3 Å². The molecule has 5 nitrogen and oxygen atoms in total. The molecular weight excluding hydrogens is 264 g/mol. The number of likely N-dealkylation sites (tertiary alicyclic amines) is 1. The molecule has 0 bridgehead atoms. The fourth-order valence-electron chi connectivity index (χ4n) is 2.92. The summed E-state index contributed by atoms with van der Waals surface area (Å²) in [7, 11) is 0. The van der Waals surface area contributed by atoms with Gasteiger partial charge in [-0.2, -0.15) is 5.10 Å². The predicted octanol–water partition coefficient (Wildman–Crippen LogP) is 2.79. The van der Waals surface area contributed by atoms with Crippen molar-refractivity contribution >= 4 is 16.8 Å². The maximum Gasteiger partial charge on any atom is 0.270 e. The van der Waals surface area contributed by atoms with Crippen molar-refractivity contribution in [3.63, 3.8) is 0 Å². The van der Waals surface area contributed by atoms with E-state index in [1.165, 1.54) is 0 Å². The van der Waals surface area contributed by atoms with Gasteiger partial charge in [-0.3, -0.25) is 9.89 Å². The molecule has 1 aliphatic heterocycles. The fourth-order valence-corrected chi connectivity index (χ4v) is 2.92. The van der Waals surface area contributed by atoms with Crippen molar-refractivity contribution in [2.45, 2.75) is 12.8 Å². The quantitative estimate of drug-likeness (QED) is 0.758. The molecule has 0 radical (unpaired) electrons. The van der Waals surface area contributed by atoms with Crippen LogP contribution in [0.5, 0.6) is 0 Å². The van der Waals surface area contributed by atoms with Crippen LogP contribution in [0.1, 0.15) is 23.3 Å². The van der Waals surface area contributed by atoms with E-state index in [0.29, 0.717) is 5.69 Å². The van der Waals surface area contributed by atoms with Crippen LogP contribution in [0, 0.1) is 0 Å². The van der Waals surface area contributed by atoms with Gasteiger partial charge in [0.1, 0.15) is 5.69 Å². The van der Waals surface area contributed by atoms with Crippen molar-refractivity contribution < 1.29 is 4.79 Å². The number of aromatic amines is 2. The molecule has 5 heteroatoms. The Labute approximate surface area is 122 Å². The van der Waals surface area contributed by atoms with E-state index in [2.05, 4.69) is 21.2 Å². The smallest absolute Gasteiger partial charge is 0.270 e. The molecule has 0 spiro atoms. The summed E-state index contributed by atoms with van der Waals surface area (Å²) in [5.41, 5.74) is 3.78. The van der Waals surface area contributed by atoms with Crippen LogP contribution in [-0.2, 0) is 0 Å². The molecule has 3 heterocycles. The lowest BCUT2D eigenvalue weighted by molar-refractivity contribution is 0.0788. The summed E-state index contributed by atoms with van der Waals surface area (Å²) in [6.07, 6.45) is 5.87. The van der Waals surface area contributed by atoms with Gasteiger partial charge in [-0.25, -0.2) is 0 Å². The largest absolute Gasteiger partial charge is 0.351 e. The number of nitrogens with one attached hydrogen (secondary N) is 2. The van der Waals surface area contributed by atoms with Gasteiger partial charge < -0.3 is 9.88 Å². The van der Waals surface area contributed by atoms with Crippen molar-refractivity contribution in [1.29, 1.82) is 0 Å². The highest BCUT2D eigenvalue weighted by Gasteiger charge is 2.20. The molecule has 1 aliphatic rings. The molecule has 1 amide bonds. The Morgan fingerprint density at radius 1 is 1.14 bits per heavy atom. The Morgan fingerprint density at radius 3 is 2.76 bits per heavy atom. The highest BCUT2D eigenvalue weighted by molar-refractivity contribution is 5.98. The van der Waals surface area contributed by atoms with Crippen molar-refractivity contribution in [2.24, 2.45) is 0 Å². The summed E-state index contributed by atoms with van der Waals surface area (Å²) in [5.74, 6) is 0.105. The van der Waals surface area contributed by atoms with Crippen LogP contribution in [0.2, 0.25) is 0 Å². The number of carbonyl (C=O) groups is 1. The van der Waals surface area contributed by atoms with Crippen LogP contribution in [0.4, 0.5) is 0 Å². The Balaban J connectivity index is 1.71. The van der Waals surface area contributed by atoms with E-state index >= 15 is 0 Å². The molecule has 2 N–H and O–H groups in total. The second-order valence-electron chi connectivity index (χ2n) is 5.47. The number of aromatic nitrogens is 3. The molecule has 4 rings (SSSR count). The molecule has 3 aromatic rings. The Kier molecular flexibility index (Phi) is 2.77. The molecule has 0 atom stereocenters. The van der Waals surface area contributed by atoms with Gasteiger partial charge in [-0.1, -0.05) is 12.1 Å². The highest BCUT2D eigenvalue weighted by atomic mass is 16.2. The third-order valence-electron chi connectivity index (χ3n) is 4.08. The summed E-state index contributed by atoms with van der Waals surface area (Å²) < 4.78 is 0. The first kappa shape index (κ1) is 12.2. The molecule has 2 aromatic heterocycles. The fraction of sp³-hybridized carbons (Fsp3) is 0.250. The zero-order valence-electron chi connectivity index (χ0n) is 11.6. The van der Waals surface area contributed by atoms with Crippen molar-refractivity contribution in [3.05, 3.63) is 42.4 Å². The van der Waals surface area contributed by atoms with Crippen LogP contribution < -0.4 is 0 Å². The number of fused-ring (bicyclic) bond motifs is 1. The van der Waals surface area contributed by atoms with E-state index in [0.717, 1.165) is 48.0 Å². The first-order valence-corrected chi connectivity index (χ1v) is 7.22. The van der Waals surface area contributed by atoms with Gasteiger partial charge in [0.05, 0.1) is 6.20 Å². The van der Waals surface area contributed by atoms with E-state index < -0.39 is 0 Å². The van der Waals surface area contributed by atoms with Gasteiger partial charge >= 0.3 is 0 Å². The van der Waals surface area contributed by atoms with Gasteiger partial charge in [0.2, 0.25) is 0 Å². The second-order valence-corrected chi connectivity index (χ2v) is 5.47.